The molecule has 0 bridgehead atoms. The number of rotatable bonds is 6. The maximum Gasteiger partial charge on any atom is 0.243 e. The number of sulfonamides is 1. The summed E-state index contributed by atoms with van der Waals surface area (Å²) in [6.07, 6.45) is 1.95. The van der Waals surface area contributed by atoms with Crippen molar-refractivity contribution in [2.24, 2.45) is 0 Å². The summed E-state index contributed by atoms with van der Waals surface area (Å²) in [7, 11) is -6.84. The lowest BCUT2D eigenvalue weighted by Crippen LogP contribution is -2.41. The maximum atomic E-state index is 13.1. The van der Waals surface area contributed by atoms with Gasteiger partial charge in [-0.15, -0.1) is 0 Å². The van der Waals surface area contributed by atoms with Crippen molar-refractivity contribution in [3.8, 4) is 0 Å². The average molecular weight is 388 g/mol. The van der Waals surface area contributed by atoms with Crippen LogP contribution in [0.1, 0.15) is 52.5 Å². The molecule has 1 saturated heterocycles. The van der Waals surface area contributed by atoms with Gasteiger partial charge in [0.05, 0.1) is 16.4 Å². The summed E-state index contributed by atoms with van der Waals surface area (Å²) >= 11 is 0. The smallest absolute Gasteiger partial charge is 0.229 e. The summed E-state index contributed by atoms with van der Waals surface area (Å²) < 4.78 is 51.3. The van der Waals surface area contributed by atoms with Gasteiger partial charge in [0.25, 0.3) is 0 Å². The lowest BCUT2D eigenvalue weighted by atomic mass is 9.87. The minimum atomic E-state index is -3.70. The zero-order valence-corrected chi connectivity index (χ0v) is 17.2. The van der Waals surface area contributed by atoms with E-state index in [1.54, 1.807) is 12.1 Å². The molecule has 1 aromatic rings. The molecule has 0 spiro atoms. The molecule has 25 heavy (non-hydrogen) atoms. The number of unbranched alkanes of at least 4 members (excludes halogenated alkanes) is 1. The molecule has 0 radical (unpaired) electrons. The predicted octanol–water partition coefficient (Wildman–Crippen LogP) is 2.96. The normalized spacial score (nSPS) is 20.9. The second-order valence-corrected chi connectivity index (χ2v) is 11.9. The summed E-state index contributed by atoms with van der Waals surface area (Å²) in [4.78, 5) is 0.237. The first-order valence-corrected chi connectivity index (χ1v) is 12.1. The Bertz CT molecular complexity index is 790. The highest BCUT2D eigenvalue weighted by Gasteiger charge is 2.38. The summed E-state index contributed by atoms with van der Waals surface area (Å²) in [5, 5.41) is 0. The Balaban J connectivity index is 2.34. The van der Waals surface area contributed by atoms with Crippen molar-refractivity contribution in [2.45, 2.75) is 63.3 Å². The average Bonchev–Trinajstić information content (AvgIpc) is 2.86. The molecule has 1 aliphatic heterocycles. The van der Waals surface area contributed by atoms with E-state index < -0.39 is 25.9 Å². The fourth-order valence-corrected chi connectivity index (χ4v) is 6.60. The molecule has 0 aromatic heterocycles. The molecule has 0 saturated carbocycles. The van der Waals surface area contributed by atoms with Crippen molar-refractivity contribution in [3.05, 3.63) is 29.8 Å². The first-order valence-electron chi connectivity index (χ1n) is 8.80. The minimum Gasteiger partial charge on any atom is -0.229 e. The molecule has 0 N–H and O–H groups in total. The van der Waals surface area contributed by atoms with Gasteiger partial charge in [0.1, 0.15) is 0 Å². The van der Waals surface area contributed by atoms with Crippen molar-refractivity contribution in [2.75, 3.05) is 18.1 Å². The van der Waals surface area contributed by atoms with Crippen LogP contribution < -0.4 is 0 Å². The van der Waals surface area contributed by atoms with Gasteiger partial charge < -0.3 is 0 Å². The van der Waals surface area contributed by atoms with Gasteiger partial charge in [0.15, 0.2) is 9.84 Å². The SMILES string of the molecule is CCCCN([C@@H]1CCS(=O)(=O)C1)S(=O)(=O)c1ccc(C(C)(C)C)cc1. The van der Waals surface area contributed by atoms with Crippen LogP contribution in [0.4, 0.5) is 0 Å². The van der Waals surface area contributed by atoms with Crippen LogP contribution in [-0.4, -0.2) is 45.2 Å². The molecular formula is C18H29NO4S2. The zero-order valence-electron chi connectivity index (χ0n) is 15.5. The van der Waals surface area contributed by atoms with E-state index in [1.165, 1.54) is 4.31 Å². The quantitative estimate of drug-likeness (QED) is 0.752. The lowest BCUT2D eigenvalue weighted by molar-refractivity contribution is 0.335. The molecule has 1 aromatic carbocycles. The van der Waals surface area contributed by atoms with Gasteiger partial charge >= 0.3 is 0 Å². The van der Waals surface area contributed by atoms with Gasteiger partial charge in [-0.05, 0) is 36.0 Å². The molecule has 1 heterocycles. The van der Waals surface area contributed by atoms with Gasteiger partial charge in [-0.3, -0.25) is 0 Å². The Morgan fingerprint density at radius 1 is 1.16 bits per heavy atom. The van der Waals surface area contributed by atoms with E-state index in [0.29, 0.717) is 13.0 Å². The molecule has 2 rings (SSSR count). The first kappa shape index (κ1) is 20.4. The van der Waals surface area contributed by atoms with Gasteiger partial charge in [-0.1, -0.05) is 46.2 Å². The Morgan fingerprint density at radius 2 is 1.76 bits per heavy atom. The molecule has 5 nitrogen and oxygen atoms in total. The largest absolute Gasteiger partial charge is 0.243 e. The van der Waals surface area contributed by atoms with Crippen molar-refractivity contribution in [3.63, 3.8) is 0 Å². The van der Waals surface area contributed by atoms with Crippen LogP contribution in [0.5, 0.6) is 0 Å². The van der Waals surface area contributed by atoms with Gasteiger partial charge in [0.2, 0.25) is 10.0 Å². The fraction of sp³-hybridized carbons (Fsp3) is 0.667. The lowest BCUT2D eigenvalue weighted by Gasteiger charge is -2.27. The monoisotopic (exact) mass is 387 g/mol. The summed E-state index contributed by atoms with van der Waals surface area (Å²) in [5.74, 6) is -0.00517. The Labute approximate surface area is 152 Å². The summed E-state index contributed by atoms with van der Waals surface area (Å²) in [6.45, 7) is 8.59. The van der Waals surface area contributed by atoms with E-state index in [9.17, 15) is 16.8 Å². The molecule has 142 valence electrons. The number of hydrogen-bond donors (Lipinski definition) is 0. The van der Waals surface area contributed by atoms with E-state index in [-0.39, 0.29) is 21.8 Å². The molecule has 1 aliphatic rings. The van der Waals surface area contributed by atoms with E-state index in [0.717, 1.165) is 18.4 Å². The molecule has 0 amide bonds. The highest BCUT2D eigenvalue weighted by molar-refractivity contribution is 7.92. The third-order valence-corrected chi connectivity index (χ3v) is 8.39. The Hall–Kier alpha value is -0.920. The molecule has 0 aliphatic carbocycles. The number of nitrogens with zero attached hydrogens (tertiary/aromatic N) is 1. The molecule has 7 heteroatoms. The van der Waals surface area contributed by atoms with Crippen molar-refractivity contribution >= 4 is 19.9 Å². The molecule has 1 atom stereocenters. The molecular weight excluding hydrogens is 358 g/mol. The van der Waals surface area contributed by atoms with E-state index >= 15 is 0 Å². The van der Waals surface area contributed by atoms with Crippen LogP contribution in [0, 0.1) is 0 Å². The van der Waals surface area contributed by atoms with Crippen LogP contribution in [0.3, 0.4) is 0 Å². The van der Waals surface area contributed by atoms with Crippen molar-refractivity contribution < 1.29 is 16.8 Å². The highest BCUT2D eigenvalue weighted by Crippen LogP contribution is 2.28. The van der Waals surface area contributed by atoms with E-state index in [4.69, 9.17) is 0 Å². The van der Waals surface area contributed by atoms with Gasteiger partial charge in [0, 0.05) is 12.6 Å². The van der Waals surface area contributed by atoms with Gasteiger partial charge in [-0.2, -0.15) is 4.31 Å². The second kappa shape index (κ2) is 7.37. The number of sulfone groups is 1. The Morgan fingerprint density at radius 3 is 2.20 bits per heavy atom. The van der Waals surface area contributed by atoms with E-state index in [1.807, 2.05) is 19.1 Å². The van der Waals surface area contributed by atoms with Crippen molar-refractivity contribution in [1.29, 1.82) is 0 Å². The Kier molecular flexibility index (Phi) is 6.01. The number of benzene rings is 1. The first-order chi connectivity index (χ1) is 11.5. The van der Waals surface area contributed by atoms with E-state index in [2.05, 4.69) is 20.8 Å². The molecule has 0 unspecified atom stereocenters. The van der Waals surface area contributed by atoms with Gasteiger partial charge in [-0.25, -0.2) is 16.8 Å². The third-order valence-electron chi connectivity index (χ3n) is 4.67. The molecule has 1 fully saturated rings. The van der Waals surface area contributed by atoms with Crippen LogP contribution in [0.2, 0.25) is 0 Å². The minimum absolute atomic E-state index is 0.0519. The summed E-state index contributed by atoms with van der Waals surface area (Å²) in [5.41, 5.74) is 1.01. The van der Waals surface area contributed by atoms with Crippen LogP contribution in [0.15, 0.2) is 29.2 Å². The predicted molar refractivity (Wildman–Crippen MR) is 101 cm³/mol. The van der Waals surface area contributed by atoms with Crippen LogP contribution >= 0.6 is 0 Å². The maximum absolute atomic E-state index is 13.1. The second-order valence-electron chi connectivity index (χ2n) is 7.80. The van der Waals surface area contributed by atoms with Crippen LogP contribution in [0.25, 0.3) is 0 Å². The van der Waals surface area contributed by atoms with Crippen molar-refractivity contribution in [1.82, 2.24) is 4.31 Å². The number of hydrogen-bond acceptors (Lipinski definition) is 4. The fourth-order valence-electron chi connectivity index (χ4n) is 3.08. The topological polar surface area (TPSA) is 71.5 Å². The summed E-state index contributed by atoms with van der Waals surface area (Å²) in [6, 6.07) is 6.51. The highest BCUT2D eigenvalue weighted by atomic mass is 32.2. The standard InChI is InChI=1S/C18H29NO4S2/c1-5-6-12-19(16-11-13-24(20,21)14-16)25(22,23)17-9-7-15(8-10-17)18(2,3)4/h7-10,16H,5-6,11-14H2,1-4H3/t16-/m1/s1. The van der Waals surface area contributed by atoms with Crippen LogP contribution in [-0.2, 0) is 25.3 Å². The third kappa shape index (κ3) is 4.83. The zero-order chi connectivity index (χ0) is 18.9.